The Kier molecular flexibility index (Phi) is 11.3. The van der Waals surface area contributed by atoms with E-state index in [0.717, 1.165) is 5.56 Å². The Morgan fingerprint density at radius 3 is 2.00 bits per heavy atom. The van der Waals surface area contributed by atoms with E-state index < -0.39 is 0 Å². The highest BCUT2D eigenvalue weighted by molar-refractivity contribution is 5.32. The van der Waals surface area contributed by atoms with E-state index in [0.29, 0.717) is 5.75 Å². The van der Waals surface area contributed by atoms with Crippen molar-refractivity contribution in [2.45, 2.75) is 54.6 Å². The highest BCUT2D eigenvalue weighted by Crippen LogP contribution is 2.19. The smallest absolute Gasteiger partial charge is 0.126 e. The number of hydrogen-bond donors (Lipinski definition) is 0. The number of rotatable bonds is 2. The third kappa shape index (κ3) is 7.27. The molecule has 0 aliphatic carbocycles. The molecule has 0 radical (unpaired) electrons. The molecule has 0 amide bonds. The van der Waals surface area contributed by atoms with E-state index in [-0.39, 0.29) is 11.9 Å². The molecule has 0 aliphatic heterocycles. The number of hydrogen-bond acceptors (Lipinski definition) is 1. The molecule has 1 rings (SSSR count). The van der Waals surface area contributed by atoms with Crippen LogP contribution in [0.3, 0.4) is 0 Å². The molecule has 0 fully saturated rings. The monoisotopic (exact) mass is 228 g/mol. The molecule has 0 atom stereocenters. The highest BCUT2D eigenvalue weighted by atomic mass is 19.1. The first-order valence-electron chi connectivity index (χ1n) is 6.02. The Labute approximate surface area is 99.6 Å². The van der Waals surface area contributed by atoms with Crippen molar-refractivity contribution in [3.05, 3.63) is 29.6 Å². The zero-order valence-electron chi connectivity index (χ0n) is 11.6. The molecule has 0 saturated carbocycles. The van der Waals surface area contributed by atoms with Crippen LogP contribution in [-0.4, -0.2) is 6.10 Å². The van der Waals surface area contributed by atoms with Crippen LogP contribution < -0.4 is 4.74 Å². The van der Waals surface area contributed by atoms with Crippen LogP contribution in [0.15, 0.2) is 18.2 Å². The van der Waals surface area contributed by atoms with Gasteiger partial charge in [0, 0.05) is 6.07 Å². The standard InChI is InChI=1S/C10H13FO.2C2H6/c1-7(2)12-10-6-9(11)5-4-8(10)3;2*1-2/h4-7H,1-3H3;2*1-2H3. The summed E-state index contributed by atoms with van der Waals surface area (Å²) < 4.78 is 18.1. The second-order valence-corrected chi connectivity index (χ2v) is 3.08. The molecular formula is C14H25FO. The summed E-state index contributed by atoms with van der Waals surface area (Å²) >= 11 is 0. The maximum absolute atomic E-state index is 12.7. The van der Waals surface area contributed by atoms with Crippen LogP contribution in [0, 0.1) is 12.7 Å². The molecule has 0 bridgehead atoms. The van der Waals surface area contributed by atoms with Gasteiger partial charge in [0.25, 0.3) is 0 Å². The van der Waals surface area contributed by atoms with Crippen molar-refractivity contribution >= 4 is 0 Å². The fourth-order valence-electron chi connectivity index (χ4n) is 0.955. The average molecular weight is 228 g/mol. The van der Waals surface area contributed by atoms with Crippen molar-refractivity contribution in [2.24, 2.45) is 0 Å². The van der Waals surface area contributed by atoms with Crippen LogP contribution in [-0.2, 0) is 0 Å². The SMILES string of the molecule is CC.CC.Cc1ccc(F)cc1OC(C)C. The Hall–Kier alpha value is -1.05. The maximum atomic E-state index is 12.7. The predicted octanol–water partition coefficient (Wildman–Crippen LogP) is 4.97. The summed E-state index contributed by atoms with van der Waals surface area (Å²) in [6, 6.07) is 4.56. The lowest BCUT2D eigenvalue weighted by atomic mass is 10.2. The predicted molar refractivity (Wildman–Crippen MR) is 69.6 cm³/mol. The van der Waals surface area contributed by atoms with Crippen molar-refractivity contribution in [1.29, 1.82) is 0 Å². The molecular weight excluding hydrogens is 203 g/mol. The van der Waals surface area contributed by atoms with Crippen molar-refractivity contribution in [3.8, 4) is 5.75 Å². The largest absolute Gasteiger partial charge is 0.491 e. The first-order valence-corrected chi connectivity index (χ1v) is 6.02. The van der Waals surface area contributed by atoms with Crippen LogP contribution >= 0.6 is 0 Å². The van der Waals surface area contributed by atoms with E-state index in [9.17, 15) is 4.39 Å². The summed E-state index contributed by atoms with van der Waals surface area (Å²) in [6.45, 7) is 13.7. The summed E-state index contributed by atoms with van der Waals surface area (Å²) in [6.07, 6.45) is 0.0884. The van der Waals surface area contributed by atoms with Gasteiger partial charge in [0.1, 0.15) is 11.6 Å². The van der Waals surface area contributed by atoms with Gasteiger partial charge in [-0.3, -0.25) is 0 Å². The lowest BCUT2D eigenvalue weighted by Gasteiger charge is -2.11. The van der Waals surface area contributed by atoms with Crippen molar-refractivity contribution in [3.63, 3.8) is 0 Å². The Morgan fingerprint density at radius 1 is 1.06 bits per heavy atom. The summed E-state index contributed by atoms with van der Waals surface area (Å²) in [5.74, 6) is 0.376. The van der Waals surface area contributed by atoms with Crippen molar-refractivity contribution in [2.75, 3.05) is 0 Å². The summed E-state index contributed by atoms with van der Waals surface area (Å²) in [7, 11) is 0. The minimum absolute atomic E-state index is 0.0884. The second kappa shape index (κ2) is 10.5. The number of halogens is 1. The van der Waals surface area contributed by atoms with Crippen molar-refractivity contribution in [1.82, 2.24) is 0 Å². The molecule has 0 heterocycles. The van der Waals surface area contributed by atoms with Crippen LogP contribution in [0.2, 0.25) is 0 Å². The Morgan fingerprint density at radius 2 is 1.56 bits per heavy atom. The molecule has 2 heteroatoms. The van der Waals surface area contributed by atoms with Gasteiger partial charge in [0.05, 0.1) is 6.10 Å². The molecule has 0 aliphatic rings. The second-order valence-electron chi connectivity index (χ2n) is 3.08. The third-order valence-electron chi connectivity index (χ3n) is 1.51. The molecule has 0 aromatic heterocycles. The van der Waals surface area contributed by atoms with Gasteiger partial charge in [0.2, 0.25) is 0 Å². The van der Waals surface area contributed by atoms with E-state index >= 15 is 0 Å². The topological polar surface area (TPSA) is 9.23 Å². The molecule has 1 aromatic rings. The van der Waals surface area contributed by atoms with Crippen LogP contribution in [0.25, 0.3) is 0 Å². The first kappa shape index (κ1) is 17.3. The normalized spacial score (nSPS) is 8.56. The van der Waals surface area contributed by atoms with Gasteiger partial charge in [-0.05, 0) is 32.4 Å². The molecule has 0 unspecified atom stereocenters. The van der Waals surface area contributed by atoms with Gasteiger partial charge in [-0.2, -0.15) is 0 Å². The molecule has 1 aromatic carbocycles. The molecule has 0 saturated heterocycles. The number of ether oxygens (including phenoxy) is 1. The number of aryl methyl sites for hydroxylation is 1. The first-order chi connectivity index (χ1) is 7.59. The molecule has 16 heavy (non-hydrogen) atoms. The molecule has 94 valence electrons. The van der Waals surface area contributed by atoms with E-state index in [4.69, 9.17) is 4.74 Å². The van der Waals surface area contributed by atoms with Gasteiger partial charge in [-0.25, -0.2) is 4.39 Å². The van der Waals surface area contributed by atoms with Gasteiger partial charge < -0.3 is 4.74 Å². The summed E-state index contributed by atoms with van der Waals surface area (Å²) in [5.41, 5.74) is 0.963. The third-order valence-corrected chi connectivity index (χ3v) is 1.51. The zero-order chi connectivity index (χ0) is 13.1. The Balaban J connectivity index is 0. The maximum Gasteiger partial charge on any atom is 0.126 e. The zero-order valence-corrected chi connectivity index (χ0v) is 11.6. The average Bonchev–Trinajstić information content (AvgIpc) is 2.28. The summed E-state index contributed by atoms with van der Waals surface area (Å²) in [5, 5.41) is 0. The Bertz CT molecular complexity index is 269. The van der Waals surface area contributed by atoms with E-state index in [1.54, 1.807) is 6.07 Å². The fraction of sp³-hybridized carbons (Fsp3) is 0.571. The van der Waals surface area contributed by atoms with E-state index in [1.807, 2.05) is 48.5 Å². The van der Waals surface area contributed by atoms with Crippen LogP contribution in [0.4, 0.5) is 4.39 Å². The van der Waals surface area contributed by atoms with E-state index in [2.05, 4.69) is 0 Å². The quantitative estimate of drug-likeness (QED) is 0.694. The highest BCUT2D eigenvalue weighted by Gasteiger charge is 2.02. The number of benzene rings is 1. The molecule has 0 N–H and O–H groups in total. The van der Waals surface area contributed by atoms with Crippen molar-refractivity contribution < 1.29 is 9.13 Å². The minimum Gasteiger partial charge on any atom is -0.491 e. The molecule has 0 spiro atoms. The van der Waals surface area contributed by atoms with Gasteiger partial charge in [-0.1, -0.05) is 33.8 Å². The van der Waals surface area contributed by atoms with Gasteiger partial charge in [0.15, 0.2) is 0 Å². The van der Waals surface area contributed by atoms with E-state index in [1.165, 1.54) is 12.1 Å². The van der Waals surface area contributed by atoms with Gasteiger partial charge in [-0.15, -0.1) is 0 Å². The summed E-state index contributed by atoms with van der Waals surface area (Å²) in [4.78, 5) is 0. The fourth-order valence-corrected chi connectivity index (χ4v) is 0.955. The lowest BCUT2D eigenvalue weighted by molar-refractivity contribution is 0.239. The lowest BCUT2D eigenvalue weighted by Crippen LogP contribution is -2.06. The minimum atomic E-state index is -0.253. The van der Waals surface area contributed by atoms with Crippen LogP contribution in [0.5, 0.6) is 5.75 Å². The molecule has 1 nitrogen and oxygen atoms in total. The van der Waals surface area contributed by atoms with Crippen LogP contribution in [0.1, 0.15) is 47.1 Å². The van der Waals surface area contributed by atoms with Gasteiger partial charge >= 0.3 is 0 Å².